The zero-order valence-electron chi connectivity index (χ0n) is 8.07. The lowest BCUT2D eigenvalue weighted by Crippen LogP contribution is -2.19. The van der Waals surface area contributed by atoms with E-state index in [2.05, 4.69) is 5.32 Å². The van der Waals surface area contributed by atoms with Gasteiger partial charge in [0.25, 0.3) is 0 Å². The molecule has 5 heteroatoms. The van der Waals surface area contributed by atoms with Gasteiger partial charge in [0.05, 0.1) is 23.9 Å². The highest BCUT2D eigenvalue weighted by Crippen LogP contribution is 2.19. The van der Waals surface area contributed by atoms with E-state index in [1.54, 1.807) is 24.3 Å². The van der Waals surface area contributed by atoms with Gasteiger partial charge in [0.2, 0.25) is 5.91 Å². The number of hydrogen-bond donors (Lipinski definition) is 2. The Morgan fingerprint density at radius 2 is 2.20 bits per heavy atom. The largest absolute Gasteiger partial charge is 0.394 e. The number of carbonyl (C=O) groups is 1. The molecule has 1 aromatic rings. The average Bonchev–Trinajstić information content (AvgIpc) is 2.22. The first-order chi connectivity index (χ1) is 7.24. The molecule has 2 N–H and O–H groups in total. The predicted octanol–water partition coefficient (Wildman–Crippen LogP) is 1.29. The van der Waals surface area contributed by atoms with Crippen LogP contribution in [-0.2, 0) is 9.53 Å². The van der Waals surface area contributed by atoms with Crippen LogP contribution in [0.2, 0.25) is 5.02 Å². The second kappa shape index (κ2) is 6.40. The first-order valence-corrected chi connectivity index (χ1v) is 4.85. The van der Waals surface area contributed by atoms with E-state index < -0.39 is 0 Å². The van der Waals surface area contributed by atoms with Crippen molar-refractivity contribution in [2.75, 3.05) is 25.1 Å². The monoisotopic (exact) mass is 229 g/mol. The molecule has 4 nitrogen and oxygen atoms in total. The molecule has 0 spiro atoms. The van der Waals surface area contributed by atoms with Crippen LogP contribution in [0.4, 0.5) is 5.69 Å². The lowest BCUT2D eigenvalue weighted by Gasteiger charge is -2.06. The summed E-state index contributed by atoms with van der Waals surface area (Å²) < 4.78 is 4.85. The SMILES string of the molecule is O=C(COCCO)Nc1ccccc1Cl. The zero-order chi connectivity index (χ0) is 11.1. The Morgan fingerprint density at radius 3 is 2.87 bits per heavy atom. The van der Waals surface area contributed by atoms with Gasteiger partial charge in [-0.25, -0.2) is 0 Å². The molecule has 0 atom stereocenters. The van der Waals surface area contributed by atoms with Crippen molar-refractivity contribution in [2.45, 2.75) is 0 Å². The van der Waals surface area contributed by atoms with Crippen LogP contribution in [0.15, 0.2) is 24.3 Å². The molecule has 0 fully saturated rings. The van der Waals surface area contributed by atoms with Gasteiger partial charge in [0, 0.05) is 0 Å². The maximum Gasteiger partial charge on any atom is 0.250 e. The fraction of sp³-hybridized carbons (Fsp3) is 0.300. The number of amides is 1. The molecule has 0 bridgehead atoms. The summed E-state index contributed by atoms with van der Waals surface area (Å²) in [5.74, 6) is -0.295. The predicted molar refractivity (Wildman–Crippen MR) is 58.0 cm³/mol. The van der Waals surface area contributed by atoms with Crippen molar-refractivity contribution >= 4 is 23.2 Å². The van der Waals surface area contributed by atoms with Gasteiger partial charge in [-0.2, -0.15) is 0 Å². The summed E-state index contributed by atoms with van der Waals surface area (Å²) >= 11 is 5.83. The highest BCUT2D eigenvalue weighted by atomic mass is 35.5. The van der Waals surface area contributed by atoms with Crippen molar-refractivity contribution in [1.29, 1.82) is 0 Å². The highest BCUT2D eigenvalue weighted by molar-refractivity contribution is 6.33. The van der Waals surface area contributed by atoms with E-state index in [-0.39, 0.29) is 25.7 Å². The van der Waals surface area contributed by atoms with E-state index in [1.807, 2.05) is 0 Å². The number of benzene rings is 1. The minimum absolute atomic E-state index is 0.0915. The third-order valence-corrected chi connectivity index (χ3v) is 1.95. The smallest absolute Gasteiger partial charge is 0.250 e. The lowest BCUT2D eigenvalue weighted by molar-refractivity contribution is -0.120. The Labute approximate surface area is 92.8 Å². The zero-order valence-corrected chi connectivity index (χ0v) is 8.83. The summed E-state index contributed by atoms with van der Waals surface area (Å²) in [6, 6.07) is 6.94. The fourth-order valence-corrected chi connectivity index (χ4v) is 1.16. The summed E-state index contributed by atoms with van der Waals surface area (Å²) in [6.45, 7) is -0.0406. The molecule has 82 valence electrons. The Bertz CT molecular complexity index is 330. The van der Waals surface area contributed by atoms with Gasteiger partial charge >= 0.3 is 0 Å². The van der Waals surface area contributed by atoms with Crippen molar-refractivity contribution in [2.24, 2.45) is 0 Å². The Kier molecular flexibility index (Phi) is 5.10. The lowest BCUT2D eigenvalue weighted by atomic mass is 10.3. The second-order valence-corrected chi connectivity index (χ2v) is 3.21. The van der Waals surface area contributed by atoms with Crippen LogP contribution in [0.5, 0.6) is 0 Å². The van der Waals surface area contributed by atoms with E-state index in [9.17, 15) is 4.79 Å². The Morgan fingerprint density at radius 1 is 1.47 bits per heavy atom. The van der Waals surface area contributed by atoms with Crippen molar-refractivity contribution < 1.29 is 14.6 Å². The second-order valence-electron chi connectivity index (χ2n) is 2.80. The number of carbonyl (C=O) groups excluding carboxylic acids is 1. The van der Waals surface area contributed by atoms with Gasteiger partial charge in [0.15, 0.2) is 0 Å². The molecular formula is C10H12ClNO3. The van der Waals surface area contributed by atoms with Crippen LogP contribution in [0.3, 0.4) is 0 Å². The van der Waals surface area contributed by atoms with Crippen LogP contribution in [0.25, 0.3) is 0 Å². The minimum atomic E-state index is -0.295. The topological polar surface area (TPSA) is 58.6 Å². The summed E-state index contributed by atoms with van der Waals surface area (Å²) in [6.07, 6.45) is 0. The van der Waals surface area contributed by atoms with Crippen molar-refractivity contribution in [3.05, 3.63) is 29.3 Å². The van der Waals surface area contributed by atoms with E-state index >= 15 is 0 Å². The number of halogens is 1. The van der Waals surface area contributed by atoms with Crippen LogP contribution < -0.4 is 5.32 Å². The average molecular weight is 230 g/mol. The molecule has 0 radical (unpaired) electrons. The van der Waals surface area contributed by atoms with Crippen LogP contribution in [0, 0.1) is 0 Å². The highest BCUT2D eigenvalue weighted by Gasteiger charge is 2.04. The van der Waals surface area contributed by atoms with Crippen molar-refractivity contribution in [3.8, 4) is 0 Å². The number of rotatable bonds is 5. The van der Waals surface area contributed by atoms with Gasteiger partial charge in [-0.3, -0.25) is 4.79 Å². The molecule has 0 aliphatic rings. The summed E-state index contributed by atoms with van der Waals surface area (Å²) in [5, 5.41) is 11.5. The number of aliphatic hydroxyl groups excluding tert-OH is 1. The summed E-state index contributed by atoms with van der Waals surface area (Å²) in [7, 11) is 0. The molecule has 0 aromatic heterocycles. The molecule has 0 heterocycles. The Balaban J connectivity index is 2.41. The van der Waals surface area contributed by atoms with Crippen LogP contribution in [0.1, 0.15) is 0 Å². The van der Waals surface area contributed by atoms with Crippen LogP contribution in [-0.4, -0.2) is 30.8 Å². The number of para-hydroxylation sites is 1. The normalized spacial score (nSPS) is 10.0. The van der Waals surface area contributed by atoms with E-state index in [1.165, 1.54) is 0 Å². The summed E-state index contributed by atoms with van der Waals surface area (Å²) in [5.41, 5.74) is 0.553. The standard InChI is InChI=1S/C10H12ClNO3/c11-8-3-1-2-4-9(8)12-10(14)7-15-6-5-13/h1-4,13H,5-7H2,(H,12,14). The number of anilines is 1. The number of aliphatic hydroxyl groups is 1. The number of nitrogens with one attached hydrogen (secondary N) is 1. The maximum absolute atomic E-state index is 11.3. The quantitative estimate of drug-likeness (QED) is 0.748. The van der Waals surface area contributed by atoms with Gasteiger partial charge in [-0.15, -0.1) is 0 Å². The summed E-state index contributed by atoms with van der Waals surface area (Å²) in [4.78, 5) is 11.3. The van der Waals surface area contributed by atoms with Gasteiger partial charge < -0.3 is 15.2 Å². The maximum atomic E-state index is 11.3. The van der Waals surface area contributed by atoms with Crippen molar-refractivity contribution in [3.63, 3.8) is 0 Å². The molecule has 0 saturated heterocycles. The molecule has 0 saturated carbocycles. The van der Waals surface area contributed by atoms with Gasteiger partial charge in [-0.05, 0) is 12.1 Å². The van der Waals surface area contributed by atoms with Gasteiger partial charge in [-0.1, -0.05) is 23.7 Å². The first kappa shape index (κ1) is 12.0. The molecule has 0 unspecified atom stereocenters. The third-order valence-electron chi connectivity index (χ3n) is 1.62. The van der Waals surface area contributed by atoms with E-state index in [4.69, 9.17) is 21.4 Å². The Hall–Kier alpha value is -1.10. The first-order valence-electron chi connectivity index (χ1n) is 4.47. The third kappa shape index (κ3) is 4.29. The van der Waals surface area contributed by atoms with Gasteiger partial charge in [0.1, 0.15) is 6.61 Å². The fourth-order valence-electron chi connectivity index (χ4n) is 0.978. The molecule has 1 amide bonds. The van der Waals surface area contributed by atoms with E-state index in [0.29, 0.717) is 10.7 Å². The molecule has 1 aromatic carbocycles. The molecule has 0 aliphatic carbocycles. The molecule has 0 aliphatic heterocycles. The number of hydrogen-bond acceptors (Lipinski definition) is 3. The van der Waals surface area contributed by atoms with Crippen LogP contribution >= 0.6 is 11.6 Å². The molecule has 15 heavy (non-hydrogen) atoms. The van der Waals surface area contributed by atoms with E-state index in [0.717, 1.165) is 0 Å². The molecular weight excluding hydrogens is 218 g/mol. The minimum Gasteiger partial charge on any atom is -0.394 e. The molecule has 1 rings (SSSR count). The number of ether oxygens (including phenoxy) is 1. The van der Waals surface area contributed by atoms with Crippen molar-refractivity contribution in [1.82, 2.24) is 0 Å².